The van der Waals surface area contributed by atoms with Crippen LogP contribution < -0.4 is 0 Å². The zero-order chi connectivity index (χ0) is 12.7. The summed E-state index contributed by atoms with van der Waals surface area (Å²) in [7, 11) is 0. The van der Waals surface area contributed by atoms with Crippen LogP contribution in [0.5, 0.6) is 0 Å². The molecule has 17 heavy (non-hydrogen) atoms. The number of rotatable bonds is 5. The van der Waals surface area contributed by atoms with Crippen molar-refractivity contribution in [3.63, 3.8) is 0 Å². The maximum atomic E-state index is 10.5. The monoisotopic (exact) mass is 247 g/mol. The fraction of sp³-hybridized carbons (Fsp3) is 0.0769. The molecule has 0 aliphatic heterocycles. The molecule has 1 rings (SSSR count). The highest BCUT2D eigenvalue weighted by molar-refractivity contribution is 8.03. The number of benzene rings is 1. The lowest BCUT2D eigenvalue weighted by atomic mass is 10.4. The summed E-state index contributed by atoms with van der Waals surface area (Å²) in [5, 5.41) is 10.5. The van der Waals surface area contributed by atoms with Crippen LogP contribution in [0.4, 0.5) is 0 Å². The van der Waals surface area contributed by atoms with Crippen LogP contribution in [0.2, 0.25) is 0 Å². The third-order valence-electron chi connectivity index (χ3n) is 1.93. The number of allylic oxidation sites excluding steroid dienone is 4. The molecule has 0 aliphatic rings. The van der Waals surface area contributed by atoms with Gasteiger partial charge in [0.15, 0.2) is 0 Å². The summed E-state index contributed by atoms with van der Waals surface area (Å²) < 4.78 is 0. The molecule has 0 aliphatic carbocycles. The van der Waals surface area contributed by atoms with E-state index in [0.29, 0.717) is 0 Å². The molecule has 0 saturated heterocycles. The minimum Gasteiger partial charge on any atom is -0.258 e. The minimum absolute atomic E-state index is 0.00184. The van der Waals surface area contributed by atoms with E-state index in [9.17, 15) is 10.1 Å². The van der Waals surface area contributed by atoms with Gasteiger partial charge in [-0.3, -0.25) is 10.1 Å². The number of hydrogen-bond acceptors (Lipinski definition) is 3. The second-order valence-corrected chi connectivity index (χ2v) is 4.56. The minimum atomic E-state index is -0.454. The SMILES string of the molecule is C=C/C(=C\C=C(/C)Sc1ccccc1)[N+](=O)[O-]. The Bertz CT molecular complexity index is 464. The molecule has 0 N–H and O–H groups in total. The summed E-state index contributed by atoms with van der Waals surface area (Å²) in [6.07, 6.45) is 4.41. The van der Waals surface area contributed by atoms with Crippen molar-refractivity contribution in [3.05, 3.63) is 75.9 Å². The van der Waals surface area contributed by atoms with E-state index in [2.05, 4.69) is 6.58 Å². The normalized spacial score (nSPS) is 12.3. The van der Waals surface area contributed by atoms with Gasteiger partial charge in [-0.15, -0.1) is 0 Å². The Hall–Kier alpha value is -1.81. The van der Waals surface area contributed by atoms with E-state index >= 15 is 0 Å². The largest absolute Gasteiger partial charge is 0.268 e. The molecule has 3 nitrogen and oxygen atoms in total. The molecule has 1 aromatic rings. The molecule has 0 saturated carbocycles. The summed E-state index contributed by atoms with van der Waals surface area (Å²) in [6, 6.07) is 9.85. The van der Waals surface area contributed by atoms with Crippen molar-refractivity contribution < 1.29 is 4.92 Å². The fourth-order valence-corrected chi connectivity index (χ4v) is 1.92. The summed E-state index contributed by atoms with van der Waals surface area (Å²) in [4.78, 5) is 12.2. The van der Waals surface area contributed by atoms with Crippen molar-refractivity contribution in [2.24, 2.45) is 0 Å². The van der Waals surface area contributed by atoms with Gasteiger partial charge in [-0.05, 0) is 30.0 Å². The maximum absolute atomic E-state index is 10.5. The molecule has 4 heteroatoms. The Morgan fingerprint density at radius 2 is 2.00 bits per heavy atom. The van der Waals surface area contributed by atoms with Gasteiger partial charge in [0.1, 0.15) is 0 Å². The average molecular weight is 247 g/mol. The van der Waals surface area contributed by atoms with Crippen LogP contribution in [0.25, 0.3) is 0 Å². The molecule has 0 fully saturated rings. The second kappa shape index (κ2) is 6.70. The van der Waals surface area contributed by atoms with Crippen LogP contribution in [-0.4, -0.2) is 4.92 Å². The van der Waals surface area contributed by atoms with Gasteiger partial charge in [0, 0.05) is 17.0 Å². The van der Waals surface area contributed by atoms with Gasteiger partial charge in [-0.1, -0.05) is 36.5 Å². The first-order valence-corrected chi connectivity index (χ1v) is 5.83. The van der Waals surface area contributed by atoms with Crippen LogP contribution in [-0.2, 0) is 0 Å². The predicted octanol–water partition coefficient (Wildman–Crippen LogP) is 4.03. The van der Waals surface area contributed by atoms with E-state index in [4.69, 9.17) is 0 Å². The van der Waals surface area contributed by atoms with Crippen molar-refractivity contribution in [1.82, 2.24) is 0 Å². The van der Waals surface area contributed by atoms with Gasteiger partial charge >= 0.3 is 0 Å². The molecule has 0 heterocycles. The lowest BCUT2D eigenvalue weighted by Gasteiger charge is -1.99. The van der Waals surface area contributed by atoms with Gasteiger partial charge in [0.05, 0.1) is 4.92 Å². The highest BCUT2D eigenvalue weighted by atomic mass is 32.2. The van der Waals surface area contributed by atoms with E-state index < -0.39 is 4.92 Å². The molecule has 1 aromatic carbocycles. The summed E-state index contributed by atoms with van der Waals surface area (Å²) in [5.41, 5.74) is -0.00184. The zero-order valence-electron chi connectivity index (χ0n) is 9.50. The van der Waals surface area contributed by atoms with E-state index in [0.717, 1.165) is 9.80 Å². The molecule has 0 atom stereocenters. The fourth-order valence-electron chi connectivity index (χ4n) is 1.11. The van der Waals surface area contributed by atoms with E-state index in [1.165, 1.54) is 12.2 Å². The first-order valence-electron chi connectivity index (χ1n) is 5.02. The van der Waals surface area contributed by atoms with Crippen LogP contribution >= 0.6 is 11.8 Å². The molecule has 0 spiro atoms. The van der Waals surface area contributed by atoms with E-state index in [1.807, 2.05) is 37.3 Å². The van der Waals surface area contributed by atoms with Crippen LogP contribution in [0, 0.1) is 10.1 Å². The Kier molecular flexibility index (Phi) is 5.23. The van der Waals surface area contributed by atoms with Gasteiger partial charge in [0.2, 0.25) is 0 Å². The average Bonchev–Trinajstić information content (AvgIpc) is 2.30. The van der Waals surface area contributed by atoms with Crippen LogP contribution in [0.15, 0.2) is 70.6 Å². The topological polar surface area (TPSA) is 43.1 Å². The number of nitro groups is 1. The Morgan fingerprint density at radius 3 is 2.53 bits per heavy atom. The Morgan fingerprint density at radius 1 is 1.35 bits per heavy atom. The quantitative estimate of drug-likeness (QED) is 0.341. The van der Waals surface area contributed by atoms with Gasteiger partial charge in [-0.25, -0.2) is 0 Å². The Labute approximate surface area is 105 Å². The molecule has 0 radical (unpaired) electrons. The second-order valence-electron chi connectivity index (χ2n) is 3.25. The molecule has 88 valence electrons. The standard InChI is InChI=1S/C13H13NO2S/c1-3-12(14(15)16)10-9-11(2)17-13-7-5-4-6-8-13/h3-10H,1H2,2H3/b11-9+,12-10+. The van der Waals surface area contributed by atoms with Crippen molar-refractivity contribution in [1.29, 1.82) is 0 Å². The van der Waals surface area contributed by atoms with Gasteiger partial charge < -0.3 is 0 Å². The molecule has 0 aromatic heterocycles. The smallest absolute Gasteiger partial charge is 0.258 e. The first kappa shape index (κ1) is 13.3. The highest BCUT2D eigenvalue weighted by Gasteiger charge is 2.02. The third-order valence-corrected chi connectivity index (χ3v) is 2.90. The lowest BCUT2D eigenvalue weighted by molar-refractivity contribution is -0.418. The van der Waals surface area contributed by atoms with Gasteiger partial charge in [-0.2, -0.15) is 0 Å². The van der Waals surface area contributed by atoms with E-state index in [-0.39, 0.29) is 5.70 Å². The van der Waals surface area contributed by atoms with Gasteiger partial charge in [0.25, 0.3) is 5.70 Å². The number of nitrogens with zero attached hydrogens (tertiary/aromatic N) is 1. The number of hydrogen-bond donors (Lipinski definition) is 0. The lowest BCUT2D eigenvalue weighted by Crippen LogP contribution is -1.93. The molecule has 0 unspecified atom stereocenters. The summed E-state index contributed by atoms with van der Waals surface area (Å²) in [6.45, 7) is 5.31. The molecule has 0 bridgehead atoms. The van der Waals surface area contributed by atoms with E-state index in [1.54, 1.807) is 17.8 Å². The molecular weight excluding hydrogens is 234 g/mol. The van der Waals surface area contributed by atoms with Crippen molar-refractivity contribution in [2.45, 2.75) is 11.8 Å². The molecule has 0 amide bonds. The predicted molar refractivity (Wildman–Crippen MR) is 71.3 cm³/mol. The maximum Gasteiger partial charge on any atom is 0.268 e. The zero-order valence-corrected chi connectivity index (χ0v) is 10.3. The van der Waals surface area contributed by atoms with Crippen molar-refractivity contribution in [3.8, 4) is 0 Å². The van der Waals surface area contributed by atoms with Crippen molar-refractivity contribution in [2.75, 3.05) is 0 Å². The number of thioether (sulfide) groups is 1. The summed E-state index contributed by atoms with van der Waals surface area (Å²) >= 11 is 1.57. The summed E-state index contributed by atoms with van der Waals surface area (Å²) in [5.74, 6) is 0. The molecular formula is C13H13NO2S. The van der Waals surface area contributed by atoms with Crippen LogP contribution in [0.3, 0.4) is 0 Å². The highest BCUT2D eigenvalue weighted by Crippen LogP contribution is 2.25. The van der Waals surface area contributed by atoms with Crippen LogP contribution in [0.1, 0.15) is 6.92 Å². The third kappa shape index (κ3) is 4.70. The Balaban J connectivity index is 2.74. The first-order chi connectivity index (χ1) is 8.13. The van der Waals surface area contributed by atoms with Crippen molar-refractivity contribution >= 4 is 11.8 Å².